The molecule has 134 valence electrons. The molecule has 1 aliphatic rings. The number of benzene rings is 1. The number of phenols is 1. The molecule has 0 unspecified atom stereocenters. The summed E-state index contributed by atoms with van der Waals surface area (Å²) in [7, 11) is 0. The number of nitrogens with one attached hydrogen (secondary N) is 2. The van der Waals surface area contributed by atoms with Gasteiger partial charge >= 0.3 is 0 Å². The second-order valence-corrected chi connectivity index (χ2v) is 5.68. The van der Waals surface area contributed by atoms with Gasteiger partial charge in [-0.15, -0.1) is 0 Å². The molecule has 0 saturated heterocycles. The van der Waals surface area contributed by atoms with Gasteiger partial charge in [-0.2, -0.15) is 0 Å². The minimum atomic E-state index is -0.390. The monoisotopic (exact) mass is 346 g/mol. The van der Waals surface area contributed by atoms with E-state index in [1.54, 1.807) is 11.1 Å². The third kappa shape index (κ3) is 4.80. The van der Waals surface area contributed by atoms with Crippen LogP contribution in [0.15, 0.2) is 30.5 Å². The van der Waals surface area contributed by atoms with Crippen LogP contribution in [0.5, 0.6) is 5.75 Å². The van der Waals surface area contributed by atoms with Crippen molar-refractivity contribution in [3.63, 3.8) is 0 Å². The summed E-state index contributed by atoms with van der Waals surface area (Å²) in [6, 6.07) is 4.04. The Kier molecular flexibility index (Phi) is 6.13. The number of aromatic hydroxyl groups is 1. The van der Waals surface area contributed by atoms with Crippen molar-refractivity contribution in [2.24, 2.45) is 5.73 Å². The lowest BCUT2D eigenvalue weighted by atomic mass is 10.0. The Hall–Kier alpha value is -2.87. The lowest BCUT2D eigenvalue weighted by Crippen LogP contribution is -2.40. The summed E-state index contributed by atoms with van der Waals surface area (Å²) in [6.45, 7) is 2.29. The first-order valence-electron chi connectivity index (χ1n) is 7.86. The molecule has 0 fully saturated rings. The molecule has 0 aromatic heterocycles. The van der Waals surface area contributed by atoms with Gasteiger partial charge in [-0.25, -0.2) is 0 Å². The molecule has 0 bridgehead atoms. The van der Waals surface area contributed by atoms with E-state index in [4.69, 9.17) is 15.9 Å². The van der Waals surface area contributed by atoms with E-state index in [0.29, 0.717) is 30.8 Å². The molecule has 8 nitrogen and oxygen atoms in total. The number of ketones is 1. The zero-order valence-electron chi connectivity index (χ0n) is 14.0. The fourth-order valence-electron chi connectivity index (χ4n) is 2.49. The molecular weight excluding hydrogens is 324 g/mol. The molecule has 0 aliphatic carbocycles. The van der Waals surface area contributed by atoms with Crippen molar-refractivity contribution in [3.05, 3.63) is 36.0 Å². The fraction of sp³-hybridized carbons (Fsp3) is 0.353. The molecular formula is C17H22N4O4. The number of hydrogen-bond acceptors (Lipinski definition) is 7. The van der Waals surface area contributed by atoms with E-state index in [1.807, 2.05) is 6.08 Å². The van der Waals surface area contributed by atoms with Gasteiger partial charge in [-0.05, 0) is 24.8 Å². The van der Waals surface area contributed by atoms with Crippen LogP contribution in [0, 0.1) is 5.41 Å². The van der Waals surface area contributed by atoms with Crippen molar-refractivity contribution in [1.82, 2.24) is 4.90 Å². The number of Topliss-reactive ketones (excluding diaryl/α,β-unsaturated/α-hetero) is 1. The number of primary amides is 1. The zero-order valence-corrected chi connectivity index (χ0v) is 14.0. The molecule has 0 radical (unpaired) electrons. The number of rotatable bonds is 9. The standard InChI is InChI=1S/C17H22N4O4/c1-11(22)16(18)13-5-4-12(23)9-14(13)20-6-8-25-10-21-7-2-3-15(21)17(19)24/h2,4-5,7,9,15,18,20,23H,3,6,8,10H2,1H3,(H2,19,24)/t15-/m0/s1. The van der Waals surface area contributed by atoms with Crippen molar-refractivity contribution in [1.29, 1.82) is 5.41 Å². The van der Waals surface area contributed by atoms with E-state index in [9.17, 15) is 14.7 Å². The van der Waals surface area contributed by atoms with E-state index >= 15 is 0 Å². The molecule has 1 aromatic carbocycles. The molecule has 8 heteroatoms. The Morgan fingerprint density at radius 3 is 2.92 bits per heavy atom. The molecule has 2 rings (SSSR count). The lowest BCUT2D eigenvalue weighted by Gasteiger charge is -2.22. The van der Waals surface area contributed by atoms with Gasteiger partial charge in [0.25, 0.3) is 0 Å². The summed E-state index contributed by atoms with van der Waals surface area (Å²) in [5.41, 5.74) is 6.09. The molecule has 1 atom stereocenters. The van der Waals surface area contributed by atoms with Gasteiger partial charge in [-0.3, -0.25) is 15.0 Å². The Bertz CT molecular complexity index is 702. The minimum Gasteiger partial charge on any atom is -0.508 e. The molecule has 25 heavy (non-hydrogen) atoms. The number of hydrogen-bond donors (Lipinski definition) is 4. The summed E-state index contributed by atoms with van der Waals surface area (Å²) in [5, 5.41) is 20.5. The molecule has 1 amide bonds. The molecule has 1 aromatic rings. The maximum Gasteiger partial charge on any atom is 0.240 e. The highest BCUT2D eigenvalue weighted by molar-refractivity contribution is 6.45. The van der Waals surface area contributed by atoms with Crippen LogP contribution in [-0.4, -0.2) is 53.3 Å². The van der Waals surface area contributed by atoms with Crippen molar-refractivity contribution in [3.8, 4) is 5.75 Å². The molecule has 1 aliphatic heterocycles. The minimum absolute atomic E-state index is 0.0371. The number of ether oxygens (including phenoxy) is 1. The summed E-state index contributed by atoms with van der Waals surface area (Å²) >= 11 is 0. The summed E-state index contributed by atoms with van der Waals surface area (Å²) in [6.07, 6.45) is 4.23. The third-order valence-electron chi connectivity index (χ3n) is 3.81. The van der Waals surface area contributed by atoms with E-state index < -0.39 is 0 Å². The molecule has 5 N–H and O–H groups in total. The lowest BCUT2D eigenvalue weighted by molar-refractivity contribution is -0.123. The fourth-order valence-corrected chi connectivity index (χ4v) is 2.49. The van der Waals surface area contributed by atoms with Crippen LogP contribution in [-0.2, 0) is 14.3 Å². The van der Waals surface area contributed by atoms with E-state index in [2.05, 4.69) is 5.32 Å². The van der Waals surface area contributed by atoms with Gasteiger partial charge < -0.3 is 25.8 Å². The first-order valence-corrected chi connectivity index (χ1v) is 7.86. The van der Waals surface area contributed by atoms with Gasteiger partial charge in [0.2, 0.25) is 5.91 Å². The maximum atomic E-state index is 11.4. The van der Waals surface area contributed by atoms with Crippen LogP contribution in [0.4, 0.5) is 5.69 Å². The second kappa shape index (κ2) is 8.29. The van der Waals surface area contributed by atoms with Gasteiger partial charge in [0.1, 0.15) is 24.2 Å². The van der Waals surface area contributed by atoms with Crippen LogP contribution in [0.3, 0.4) is 0 Å². The Labute approximate surface area is 145 Å². The quantitative estimate of drug-likeness (QED) is 0.387. The molecule has 1 heterocycles. The van der Waals surface area contributed by atoms with Crippen LogP contribution >= 0.6 is 0 Å². The van der Waals surface area contributed by atoms with Crippen LogP contribution in [0.25, 0.3) is 0 Å². The highest BCUT2D eigenvalue weighted by Crippen LogP contribution is 2.22. The predicted molar refractivity (Wildman–Crippen MR) is 93.5 cm³/mol. The maximum absolute atomic E-state index is 11.4. The normalized spacial score (nSPS) is 16.0. The predicted octanol–water partition coefficient (Wildman–Crippen LogP) is 0.808. The van der Waals surface area contributed by atoms with Crippen molar-refractivity contribution in [2.45, 2.75) is 19.4 Å². The molecule has 0 spiro atoms. The second-order valence-electron chi connectivity index (χ2n) is 5.68. The average Bonchev–Trinajstić information content (AvgIpc) is 3.02. The number of carbonyl (C=O) groups is 2. The average molecular weight is 346 g/mol. The number of phenolic OH excluding ortho intramolecular Hbond substituents is 1. The summed E-state index contributed by atoms with van der Waals surface area (Å²) < 4.78 is 5.52. The van der Waals surface area contributed by atoms with Gasteiger partial charge in [-0.1, -0.05) is 6.08 Å². The van der Waals surface area contributed by atoms with Crippen LogP contribution in [0.1, 0.15) is 18.9 Å². The highest BCUT2D eigenvalue weighted by Gasteiger charge is 2.23. The third-order valence-corrected chi connectivity index (χ3v) is 3.81. The van der Waals surface area contributed by atoms with Crippen molar-refractivity contribution < 1.29 is 19.4 Å². The van der Waals surface area contributed by atoms with Crippen LogP contribution in [0.2, 0.25) is 0 Å². The van der Waals surface area contributed by atoms with E-state index in [1.165, 1.54) is 25.1 Å². The summed E-state index contributed by atoms with van der Waals surface area (Å²) in [5.74, 6) is -0.711. The first-order chi connectivity index (χ1) is 11.9. The Morgan fingerprint density at radius 2 is 2.24 bits per heavy atom. The number of anilines is 1. The zero-order chi connectivity index (χ0) is 18.4. The highest BCUT2D eigenvalue weighted by atomic mass is 16.5. The topological polar surface area (TPSA) is 129 Å². The van der Waals surface area contributed by atoms with Crippen molar-refractivity contribution in [2.75, 3.05) is 25.2 Å². The summed E-state index contributed by atoms with van der Waals surface area (Å²) in [4.78, 5) is 24.4. The van der Waals surface area contributed by atoms with E-state index in [0.717, 1.165) is 0 Å². The number of nitrogens with two attached hydrogens (primary N) is 1. The van der Waals surface area contributed by atoms with E-state index in [-0.39, 0.29) is 35.9 Å². The Morgan fingerprint density at radius 1 is 1.48 bits per heavy atom. The number of nitrogens with zero attached hydrogens (tertiary/aromatic N) is 1. The largest absolute Gasteiger partial charge is 0.508 e. The molecule has 0 saturated carbocycles. The van der Waals surface area contributed by atoms with Gasteiger partial charge in [0.15, 0.2) is 5.78 Å². The van der Waals surface area contributed by atoms with Crippen LogP contribution < -0.4 is 11.1 Å². The van der Waals surface area contributed by atoms with Gasteiger partial charge in [0.05, 0.1) is 6.61 Å². The first kappa shape index (κ1) is 18.5. The SMILES string of the molecule is CC(=O)C(=N)c1ccc(O)cc1NCCOCN1C=CC[C@H]1C(N)=O. The number of carbonyl (C=O) groups excluding carboxylic acids is 2. The van der Waals surface area contributed by atoms with Crippen molar-refractivity contribution >= 4 is 23.1 Å². The number of amides is 1. The smallest absolute Gasteiger partial charge is 0.240 e. The van der Waals surface area contributed by atoms with Gasteiger partial charge in [0, 0.05) is 30.8 Å². The Balaban J connectivity index is 1.85.